The number of ether oxygens (including phenoxy) is 1. The summed E-state index contributed by atoms with van der Waals surface area (Å²) < 4.78 is 7.37. The van der Waals surface area contributed by atoms with E-state index in [9.17, 15) is 0 Å². The average molecular weight is 309 g/mol. The Bertz CT molecular complexity index is 585. The number of nitrogens with one attached hydrogen (secondary N) is 1. The van der Waals surface area contributed by atoms with Gasteiger partial charge < -0.3 is 10.1 Å². The van der Waals surface area contributed by atoms with Crippen molar-refractivity contribution in [2.75, 3.05) is 13.7 Å². The lowest BCUT2D eigenvalue weighted by Gasteiger charge is -2.21. The molecule has 2 aromatic rings. The zero-order chi connectivity index (χ0) is 15.2. The molecule has 0 spiro atoms. The summed E-state index contributed by atoms with van der Waals surface area (Å²) in [5.74, 6) is 1.78. The fourth-order valence-corrected chi connectivity index (χ4v) is 2.59. The van der Waals surface area contributed by atoms with Crippen molar-refractivity contribution in [3.63, 3.8) is 0 Å². The number of aromatic nitrogens is 3. The van der Waals surface area contributed by atoms with Gasteiger partial charge in [-0.25, -0.2) is 4.98 Å². The van der Waals surface area contributed by atoms with Gasteiger partial charge in [-0.05, 0) is 31.7 Å². The molecular formula is C15H21ClN4O. The molecule has 1 heterocycles. The largest absolute Gasteiger partial charge is 0.496 e. The van der Waals surface area contributed by atoms with Crippen LogP contribution in [0.15, 0.2) is 24.5 Å². The van der Waals surface area contributed by atoms with Gasteiger partial charge in [-0.3, -0.25) is 4.68 Å². The van der Waals surface area contributed by atoms with Crippen LogP contribution >= 0.6 is 11.6 Å². The van der Waals surface area contributed by atoms with E-state index in [-0.39, 0.29) is 6.04 Å². The number of hydrogen-bond acceptors (Lipinski definition) is 4. The van der Waals surface area contributed by atoms with Crippen molar-refractivity contribution in [1.82, 2.24) is 20.1 Å². The number of hydrogen-bond donors (Lipinski definition) is 1. The summed E-state index contributed by atoms with van der Waals surface area (Å²) in [5, 5.41) is 8.39. The highest BCUT2D eigenvalue weighted by atomic mass is 35.5. The Kier molecular flexibility index (Phi) is 5.59. The molecule has 0 saturated carbocycles. The Morgan fingerprint density at radius 3 is 2.86 bits per heavy atom. The van der Waals surface area contributed by atoms with Crippen LogP contribution in [0.3, 0.4) is 0 Å². The number of likely N-dealkylation sites (N-methyl/N-ethyl adjacent to an activating group) is 1. The number of benzene rings is 1. The highest BCUT2D eigenvalue weighted by molar-refractivity contribution is 6.30. The summed E-state index contributed by atoms with van der Waals surface area (Å²) in [5.41, 5.74) is 1.04. The molecule has 1 atom stereocenters. The number of methoxy groups -OCH3 is 1. The fraction of sp³-hybridized carbons (Fsp3) is 0.467. The van der Waals surface area contributed by atoms with Gasteiger partial charge in [0.25, 0.3) is 0 Å². The Morgan fingerprint density at radius 2 is 2.19 bits per heavy atom. The van der Waals surface area contributed by atoms with E-state index in [2.05, 4.69) is 29.2 Å². The zero-order valence-corrected chi connectivity index (χ0v) is 13.4. The predicted octanol–water partition coefficient (Wildman–Crippen LogP) is 2.85. The second-order valence-electron chi connectivity index (χ2n) is 4.69. The van der Waals surface area contributed by atoms with E-state index in [0.29, 0.717) is 5.02 Å². The Morgan fingerprint density at radius 1 is 1.38 bits per heavy atom. The van der Waals surface area contributed by atoms with Crippen LogP contribution < -0.4 is 10.1 Å². The lowest BCUT2D eigenvalue weighted by atomic mass is 10.0. The molecule has 1 N–H and O–H groups in total. The van der Waals surface area contributed by atoms with E-state index in [1.165, 1.54) is 0 Å². The Balaban J connectivity index is 2.32. The quantitative estimate of drug-likeness (QED) is 0.854. The first kappa shape index (κ1) is 15.8. The molecule has 1 aromatic carbocycles. The van der Waals surface area contributed by atoms with Crippen molar-refractivity contribution in [3.05, 3.63) is 40.9 Å². The number of aryl methyl sites for hydroxylation is 1. The van der Waals surface area contributed by atoms with Crippen LogP contribution in [0, 0.1) is 0 Å². The third-order valence-electron chi connectivity index (χ3n) is 3.40. The maximum absolute atomic E-state index is 6.14. The first-order valence-electron chi connectivity index (χ1n) is 7.13. The molecule has 21 heavy (non-hydrogen) atoms. The van der Waals surface area contributed by atoms with Crippen LogP contribution in [-0.4, -0.2) is 28.4 Å². The smallest absolute Gasteiger partial charge is 0.138 e. The van der Waals surface area contributed by atoms with Gasteiger partial charge in [0.05, 0.1) is 7.11 Å². The average Bonchev–Trinajstić information content (AvgIpc) is 2.94. The van der Waals surface area contributed by atoms with Gasteiger partial charge >= 0.3 is 0 Å². The lowest BCUT2D eigenvalue weighted by Crippen LogP contribution is -2.25. The van der Waals surface area contributed by atoms with Crippen LogP contribution in [0.1, 0.15) is 31.3 Å². The Hall–Kier alpha value is -1.59. The molecule has 6 heteroatoms. The summed E-state index contributed by atoms with van der Waals surface area (Å²) in [4.78, 5) is 4.35. The second kappa shape index (κ2) is 7.43. The van der Waals surface area contributed by atoms with Crippen LogP contribution in [0.4, 0.5) is 0 Å². The topological polar surface area (TPSA) is 52.0 Å². The highest BCUT2D eigenvalue weighted by Gasteiger charge is 2.19. The van der Waals surface area contributed by atoms with E-state index in [4.69, 9.17) is 16.3 Å². The summed E-state index contributed by atoms with van der Waals surface area (Å²) in [6, 6.07) is 5.76. The molecule has 0 fully saturated rings. The summed E-state index contributed by atoms with van der Waals surface area (Å²) in [7, 11) is 1.67. The Labute approximate surface area is 130 Å². The van der Waals surface area contributed by atoms with Gasteiger partial charge in [-0.2, -0.15) is 5.10 Å². The van der Waals surface area contributed by atoms with Crippen LogP contribution in [-0.2, 0) is 13.0 Å². The van der Waals surface area contributed by atoms with Crippen molar-refractivity contribution < 1.29 is 4.74 Å². The zero-order valence-electron chi connectivity index (χ0n) is 12.6. The van der Waals surface area contributed by atoms with Crippen molar-refractivity contribution in [1.29, 1.82) is 0 Å². The number of rotatable bonds is 7. The molecule has 0 amide bonds. The minimum atomic E-state index is 0.0816. The van der Waals surface area contributed by atoms with Gasteiger partial charge in [-0.1, -0.05) is 18.5 Å². The molecule has 0 saturated heterocycles. The molecule has 1 unspecified atom stereocenters. The monoisotopic (exact) mass is 308 g/mol. The van der Waals surface area contributed by atoms with E-state index in [1.807, 2.05) is 22.9 Å². The first-order valence-corrected chi connectivity index (χ1v) is 7.50. The lowest BCUT2D eigenvalue weighted by molar-refractivity contribution is 0.397. The maximum atomic E-state index is 6.14. The summed E-state index contributed by atoms with van der Waals surface area (Å²) in [6.45, 7) is 5.79. The van der Waals surface area contributed by atoms with E-state index >= 15 is 0 Å². The van der Waals surface area contributed by atoms with Gasteiger partial charge in [0.15, 0.2) is 0 Å². The number of nitrogens with zero attached hydrogens (tertiary/aromatic N) is 3. The molecule has 0 aliphatic carbocycles. The molecule has 0 radical (unpaired) electrons. The molecule has 0 bridgehead atoms. The SMILES string of the molecule is CCNC(Cc1ncnn1CC)c1cc(Cl)ccc1OC. The van der Waals surface area contributed by atoms with Crippen molar-refractivity contribution in [2.24, 2.45) is 0 Å². The van der Waals surface area contributed by atoms with E-state index in [1.54, 1.807) is 13.4 Å². The van der Waals surface area contributed by atoms with Crippen LogP contribution in [0.5, 0.6) is 5.75 Å². The molecule has 0 aliphatic heterocycles. The van der Waals surface area contributed by atoms with E-state index in [0.717, 1.165) is 36.6 Å². The number of halogens is 1. The first-order chi connectivity index (χ1) is 10.2. The summed E-state index contributed by atoms with van der Waals surface area (Å²) >= 11 is 6.14. The third kappa shape index (κ3) is 3.74. The van der Waals surface area contributed by atoms with Crippen molar-refractivity contribution >= 4 is 11.6 Å². The maximum Gasteiger partial charge on any atom is 0.138 e. The van der Waals surface area contributed by atoms with Gasteiger partial charge in [-0.15, -0.1) is 0 Å². The normalized spacial score (nSPS) is 12.4. The molecule has 114 valence electrons. The minimum absolute atomic E-state index is 0.0816. The molecule has 1 aromatic heterocycles. The third-order valence-corrected chi connectivity index (χ3v) is 3.63. The predicted molar refractivity (Wildman–Crippen MR) is 83.8 cm³/mol. The van der Waals surface area contributed by atoms with Crippen LogP contribution in [0.2, 0.25) is 5.02 Å². The fourth-order valence-electron chi connectivity index (χ4n) is 2.41. The van der Waals surface area contributed by atoms with Gasteiger partial charge in [0.1, 0.15) is 17.9 Å². The van der Waals surface area contributed by atoms with Crippen LogP contribution in [0.25, 0.3) is 0 Å². The minimum Gasteiger partial charge on any atom is -0.496 e. The highest BCUT2D eigenvalue weighted by Crippen LogP contribution is 2.30. The van der Waals surface area contributed by atoms with Gasteiger partial charge in [0, 0.05) is 29.6 Å². The summed E-state index contributed by atoms with van der Waals surface area (Å²) in [6.07, 6.45) is 2.33. The molecule has 2 rings (SSSR count). The molecule has 0 aliphatic rings. The standard InChI is InChI=1S/C15H21ClN4O/c1-4-17-13(9-15-18-10-19-20(15)5-2)12-8-11(16)6-7-14(12)21-3/h6-8,10,13,17H,4-5,9H2,1-3H3. The molecular weight excluding hydrogens is 288 g/mol. The molecule has 5 nitrogen and oxygen atoms in total. The van der Waals surface area contributed by atoms with Crippen molar-refractivity contribution in [3.8, 4) is 5.75 Å². The second-order valence-corrected chi connectivity index (χ2v) is 5.13. The van der Waals surface area contributed by atoms with Crippen molar-refractivity contribution in [2.45, 2.75) is 32.9 Å². The van der Waals surface area contributed by atoms with Gasteiger partial charge in [0.2, 0.25) is 0 Å². The van der Waals surface area contributed by atoms with E-state index < -0.39 is 0 Å².